The van der Waals surface area contributed by atoms with Crippen molar-refractivity contribution >= 4 is 16.2 Å². The van der Waals surface area contributed by atoms with Crippen LogP contribution in [0.25, 0.3) is 0 Å². The Morgan fingerprint density at radius 3 is 2.68 bits per heavy atom. The van der Waals surface area contributed by atoms with Gasteiger partial charge < -0.3 is 9.84 Å². The van der Waals surface area contributed by atoms with Gasteiger partial charge in [0.25, 0.3) is 10.2 Å². The number of nitrogens with one attached hydrogen (secondary N) is 1. The van der Waals surface area contributed by atoms with Crippen LogP contribution in [0.5, 0.6) is 0 Å². The Morgan fingerprint density at radius 2 is 2.05 bits per heavy atom. The lowest BCUT2D eigenvalue weighted by atomic mass is 10.1. The van der Waals surface area contributed by atoms with Crippen molar-refractivity contribution in [3.63, 3.8) is 0 Å². The number of carbonyl (C=O) groups is 1. The fourth-order valence-corrected chi connectivity index (χ4v) is 4.19. The summed E-state index contributed by atoms with van der Waals surface area (Å²) in [4.78, 5) is 11.1. The molecule has 2 saturated heterocycles. The van der Waals surface area contributed by atoms with E-state index in [1.54, 1.807) is 0 Å². The van der Waals surface area contributed by atoms with Gasteiger partial charge in [0.15, 0.2) is 0 Å². The molecule has 2 aliphatic heterocycles. The Morgan fingerprint density at radius 1 is 1.26 bits per heavy atom. The summed E-state index contributed by atoms with van der Waals surface area (Å²) in [6, 6.07) is -1.20. The van der Waals surface area contributed by atoms with E-state index >= 15 is 0 Å². The second-order valence-corrected chi connectivity index (χ2v) is 6.65. The number of hydrogen-bond donors (Lipinski definition) is 2. The van der Waals surface area contributed by atoms with E-state index in [-0.39, 0.29) is 12.6 Å². The van der Waals surface area contributed by atoms with E-state index in [2.05, 4.69) is 4.72 Å². The highest BCUT2D eigenvalue weighted by Gasteiger charge is 2.37. The van der Waals surface area contributed by atoms with Gasteiger partial charge in [-0.25, -0.2) is 0 Å². The Kier molecular flexibility index (Phi) is 4.77. The maximum absolute atomic E-state index is 12.3. The summed E-state index contributed by atoms with van der Waals surface area (Å²) in [5, 5.41) is 9.12. The molecule has 0 radical (unpaired) electrons. The molecule has 2 N–H and O–H groups in total. The zero-order valence-electron chi connectivity index (χ0n) is 10.7. The quantitative estimate of drug-likeness (QED) is 0.756. The van der Waals surface area contributed by atoms with E-state index in [0.717, 1.165) is 23.6 Å². The standard InChI is InChI=1S/C11H20N2O5S/c14-11(15)10-5-1-2-6-13(10)19(16,17)12-9-4-3-7-18-8-9/h9-10,12H,1-8H2,(H,14,15). The van der Waals surface area contributed by atoms with Crippen LogP contribution < -0.4 is 4.72 Å². The van der Waals surface area contributed by atoms with Crippen molar-refractivity contribution in [3.8, 4) is 0 Å². The molecule has 2 heterocycles. The molecule has 0 bridgehead atoms. The molecule has 0 aromatic heterocycles. The van der Waals surface area contributed by atoms with E-state index in [1.165, 1.54) is 0 Å². The molecule has 2 rings (SSSR count). The number of hydrogen-bond acceptors (Lipinski definition) is 4. The van der Waals surface area contributed by atoms with Crippen molar-refractivity contribution in [1.29, 1.82) is 0 Å². The van der Waals surface area contributed by atoms with Crippen molar-refractivity contribution in [2.75, 3.05) is 19.8 Å². The van der Waals surface area contributed by atoms with Crippen LogP contribution in [0, 0.1) is 0 Å². The normalized spacial score (nSPS) is 30.1. The largest absolute Gasteiger partial charge is 0.480 e. The van der Waals surface area contributed by atoms with Crippen molar-refractivity contribution in [3.05, 3.63) is 0 Å². The minimum atomic E-state index is -3.75. The molecule has 0 aliphatic carbocycles. The predicted octanol–water partition coefficient (Wildman–Crippen LogP) is -0.0611. The monoisotopic (exact) mass is 292 g/mol. The molecule has 110 valence electrons. The third kappa shape index (κ3) is 3.65. The van der Waals surface area contributed by atoms with E-state index in [1.807, 2.05) is 0 Å². The highest BCUT2D eigenvalue weighted by Crippen LogP contribution is 2.21. The van der Waals surface area contributed by atoms with Crippen molar-refractivity contribution < 1.29 is 23.1 Å². The molecule has 8 heteroatoms. The lowest BCUT2D eigenvalue weighted by Gasteiger charge is -2.33. The van der Waals surface area contributed by atoms with Gasteiger partial charge in [-0.05, 0) is 32.1 Å². The first kappa shape index (κ1) is 14.7. The van der Waals surface area contributed by atoms with Crippen LogP contribution in [0.4, 0.5) is 0 Å². The minimum Gasteiger partial charge on any atom is -0.480 e. The highest BCUT2D eigenvalue weighted by molar-refractivity contribution is 7.87. The average Bonchev–Trinajstić information content (AvgIpc) is 2.39. The first-order valence-corrected chi connectivity index (χ1v) is 8.04. The third-order valence-electron chi connectivity index (χ3n) is 3.52. The van der Waals surface area contributed by atoms with Crippen LogP contribution in [0.1, 0.15) is 32.1 Å². The fraction of sp³-hybridized carbons (Fsp3) is 0.909. The molecular weight excluding hydrogens is 272 g/mol. The Hall–Kier alpha value is -0.700. The minimum absolute atomic E-state index is 0.255. The summed E-state index contributed by atoms with van der Waals surface area (Å²) >= 11 is 0. The summed E-state index contributed by atoms with van der Waals surface area (Å²) in [5.74, 6) is -1.08. The molecule has 0 aromatic carbocycles. The summed E-state index contributed by atoms with van der Waals surface area (Å²) in [7, 11) is -3.75. The van der Waals surface area contributed by atoms with Gasteiger partial charge in [0.05, 0.1) is 6.61 Å². The lowest BCUT2D eigenvalue weighted by molar-refractivity contribution is -0.142. The van der Waals surface area contributed by atoms with Gasteiger partial charge in [-0.1, -0.05) is 0 Å². The van der Waals surface area contributed by atoms with Gasteiger partial charge in [-0.3, -0.25) is 4.79 Å². The van der Waals surface area contributed by atoms with E-state index < -0.39 is 22.2 Å². The summed E-state index contributed by atoms with van der Waals surface area (Å²) in [6.45, 7) is 1.27. The van der Waals surface area contributed by atoms with Gasteiger partial charge in [0, 0.05) is 19.2 Å². The molecule has 0 spiro atoms. The Labute approximate surface area is 113 Å². The van der Waals surface area contributed by atoms with E-state index in [4.69, 9.17) is 9.84 Å². The first-order valence-electron chi connectivity index (χ1n) is 6.60. The first-order chi connectivity index (χ1) is 9.00. The predicted molar refractivity (Wildman–Crippen MR) is 67.9 cm³/mol. The number of rotatable bonds is 4. The number of piperidine rings is 1. The maximum Gasteiger partial charge on any atom is 0.322 e. The smallest absolute Gasteiger partial charge is 0.322 e. The molecule has 2 atom stereocenters. The molecule has 0 saturated carbocycles. The number of aliphatic carboxylic acids is 1. The van der Waals surface area contributed by atoms with Crippen LogP contribution in [0.2, 0.25) is 0 Å². The van der Waals surface area contributed by atoms with E-state index in [9.17, 15) is 13.2 Å². The maximum atomic E-state index is 12.3. The second-order valence-electron chi connectivity index (χ2n) is 5.00. The molecule has 0 aromatic rings. The highest BCUT2D eigenvalue weighted by atomic mass is 32.2. The van der Waals surface area contributed by atoms with Crippen LogP contribution >= 0.6 is 0 Å². The van der Waals surface area contributed by atoms with Crippen LogP contribution in [0.15, 0.2) is 0 Å². The molecule has 2 unspecified atom stereocenters. The zero-order valence-corrected chi connectivity index (χ0v) is 11.6. The fourth-order valence-electron chi connectivity index (χ4n) is 2.55. The molecular formula is C11H20N2O5S. The van der Waals surface area contributed by atoms with Crippen molar-refractivity contribution in [2.24, 2.45) is 0 Å². The van der Waals surface area contributed by atoms with E-state index in [0.29, 0.717) is 26.1 Å². The topological polar surface area (TPSA) is 95.9 Å². The molecule has 2 aliphatic rings. The third-order valence-corrected chi connectivity index (χ3v) is 5.21. The number of ether oxygens (including phenoxy) is 1. The van der Waals surface area contributed by atoms with Crippen molar-refractivity contribution in [1.82, 2.24) is 9.03 Å². The molecule has 19 heavy (non-hydrogen) atoms. The van der Waals surface area contributed by atoms with Crippen LogP contribution in [-0.2, 0) is 19.7 Å². The number of carboxylic acids is 1. The van der Waals surface area contributed by atoms with Gasteiger partial charge in [0.1, 0.15) is 6.04 Å². The van der Waals surface area contributed by atoms with Gasteiger partial charge >= 0.3 is 5.97 Å². The van der Waals surface area contributed by atoms with Gasteiger partial charge in [-0.15, -0.1) is 0 Å². The Bertz CT molecular complexity index is 419. The molecule has 2 fully saturated rings. The molecule has 7 nitrogen and oxygen atoms in total. The van der Waals surface area contributed by atoms with Crippen molar-refractivity contribution in [2.45, 2.75) is 44.2 Å². The zero-order chi connectivity index (χ0) is 13.9. The number of carboxylic acid groups (broad SMARTS) is 1. The van der Waals surface area contributed by atoms with Crippen LogP contribution in [-0.4, -0.2) is 55.6 Å². The Balaban J connectivity index is 2.05. The summed E-state index contributed by atoms with van der Waals surface area (Å²) in [6.07, 6.45) is 3.36. The second kappa shape index (κ2) is 6.17. The molecule has 0 amide bonds. The number of nitrogens with zero attached hydrogens (tertiary/aromatic N) is 1. The van der Waals surface area contributed by atoms with Crippen LogP contribution in [0.3, 0.4) is 0 Å². The van der Waals surface area contributed by atoms with Gasteiger partial charge in [-0.2, -0.15) is 17.4 Å². The summed E-state index contributed by atoms with van der Waals surface area (Å²) in [5.41, 5.74) is 0. The lowest BCUT2D eigenvalue weighted by Crippen LogP contribution is -2.55. The summed E-state index contributed by atoms with van der Waals surface area (Å²) < 4.78 is 33.4. The average molecular weight is 292 g/mol. The SMILES string of the molecule is O=C(O)C1CCCCN1S(=O)(=O)NC1CCCOC1. The van der Waals surface area contributed by atoms with Gasteiger partial charge in [0.2, 0.25) is 0 Å².